The first-order valence-corrected chi connectivity index (χ1v) is 29.4. The second-order valence-corrected chi connectivity index (χ2v) is 28.9. The molecule has 0 spiro atoms. The topological polar surface area (TPSA) is 9.72 Å². The molecule has 3 nitrogen and oxygen atoms in total. The smallest absolute Gasteiger partial charge is 0.252 e. The fourth-order valence-electron chi connectivity index (χ4n) is 14.2. The third-order valence-corrected chi connectivity index (χ3v) is 20.0. The van der Waals surface area contributed by atoms with Gasteiger partial charge in [-0.05, 0) is 152 Å². The predicted octanol–water partition coefficient (Wildman–Crippen LogP) is 18.7. The van der Waals surface area contributed by atoms with E-state index >= 15 is 0 Å². The van der Waals surface area contributed by atoms with E-state index in [2.05, 4.69) is 269 Å². The molecule has 0 bridgehead atoms. The largest absolute Gasteiger partial charge is 0.334 e. The van der Waals surface area contributed by atoms with E-state index in [4.69, 9.17) is 0 Å². The average molecular weight is 1030 g/mol. The van der Waals surface area contributed by atoms with Crippen molar-refractivity contribution in [2.24, 2.45) is 0 Å². The van der Waals surface area contributed by atoms with Crippen molar-refractivity contribution in [1.29, 1.82) is 0 Å². The fraction of sp³-hybridized carbons (Fsp3) is 0.333. The molecule has 0 amide bonds. The molecule has 1 aliphatic carbocycles. The first-order valence-electron chi connectivity index (χ1n) is 28.6. The van der Waals surface area contributed by atoms with Gasteiger partial charge in [-0.3, -0.25) is 0 Å². The van der Waals surface area contributed by atoms with Gasteiger partial charge in [0.1, 0.15) is 0 Å². The summed E-state index contributed by atoms with van der Waals surface area (Å²) < 4.78 is 2.63. The Balaban J connectivity index is 1.21. The van der Waals surface area contributed by atoms with E-state index in [-0.39, 0.29) is 39.3 Å². The first kappa shape index (κ1) is 50.0. The van der Waals surface area contributed by atoms with Gasteiger partial charge < -0.3 is 14.7 Å². The number of fused-ring (bicyclic) bond motifs is 10. The lowest BCUT2D eigenvalue weighted by Gasteiger charge is -2.51. The maximum Gasteiger partial charge on any atom is 0.252 e. The Labute approximate surface area is 464 Å². The van der Waals surface area contributed by atoms with Gasteiger partial charge in [0.25, 0.3) is 6.71 Å². The van der Waals surface area contributed by atoms with Gasteiger partial charge in [0.05, 0.1) is 16.9 Å². The van der Waals surface area contributed by atoms with E-state index in [1.54, 1.807) is 0 Å². The van der Waals surface area contributed by atoms with Crippen LogP contribution in [0.3, 0.4) is 0 Å². The number of nitrogens with zero attached hydrogens (tertiary/aromatic N) is 3. The Morgan fingerprint density at radius 3 is 1.56 bits per heavy atom. The predicted molar refractivity (Wildman–Crippen MR) is 336 cm³/mol. The maximum absolute atomic E-state index is 2.84. The first-order chi connectivity index (χ1) is 36.5. The van der Waals surface area contributed by atoms with E-state index in [1.165, 1.54) is 140 Å². The van der Waals surface area contributed by atoms with Crippen LogP contribution in [0, 0.1) is 0 Å². The molecule has 1 aromatic heterocycles. The van der Waals surface area contributed by atoms with Crippen molar-refractivity contribution in [2.75, 3.05) is 14.7 Å². The van der Waals surface area contributed by atoms with Crippen molar-refractivity contribution in [3.8, 4) is 11.1 Å². The van der Waals surface area contributed by atoms with Gasteiger partial charge in [-0.1, -0.05) is 200 Å². The molecule has 0 saturated heterocycles. The number of rotatable bonds is 4. The van der Waals surface area contributed by atoms with Crippen LogP contribution in [0.25, 0.3) is 31.3 Å². The number of hydrogen-bond acceptors (Lipinski definition) is 4. The molecule has 388 valence electrons. The molecular weight excluding hydrogens is 950 g/mol. The highest BCUT2D eigenvalue weighted by Gasteiger charge is 2.58. The van der Waals surface area contributed by atoms with Crippen LogP contribution in [-0.4, -0.2) is 12.3 Å². The normalized spacial score (nSPS) is 19.1. The Bertz CT molecular complexity index is 3870. The van der Waals surface area contributed by atoms with Crippen LogP contribution in [-0.2, 0) is 27.1 Å². The molecule has 9 aromatic rings. The minimum atomic E-state index is -0.171. The van der Waals surface area contributed by atoms with Gasteiger partial charge in [-0.2, -0.15) is 0 Å². The van der Waals surface area contributed by atoms with Crippen LogP contribution >= 0.6 is 11.3 Å². The molecule has 3 aliphatic heterocycles. The lowest BCUT2D eigenvalue weighted by atomic mass is 9.33. The molecule has 0 radical (unpaired) electrons. The quantitative estimate of drug-likeness (QED) is 0.163. The molecular formula is C72H76BN3S. The monoisotopic (exact) mass is 1030 g/mol. The molecule has 1 fully saturated rings. The summed E-state index contributed by atoms with van der Waals surface area (Å²) in [7, 11) is 0. The summed E-state index contributed by atoms with van der Waals surface area (Å²) in [6, 6.07) is 62.5. The molecule has 13 rings (SSSR count). The third kappa shape index (κ3) is 7.56. The Morgan fingerprint density at radius 2 is 0.948 bits per heavy atom. The van der Waals surface area contributed by atoms with E-state index < -0.39 is 0 Å². The van der Waals surface area contributed by atoms with E-state index in [0.717, 1.165) is 6.42 Å². The minimum Gasteiger partial charge on any atom is -0.334 e. The Morgan fingerprint density at radius 1 is 0.442 bits per heavy atom. The SMILES string of the molecule is CC(C)(C)c1ccc2c(c1)B1c3cc(C(C)(C)C)ccc3N(c3cccc4sc5ccccc5c34)c3cc(N4c5ccc(C(C)(C)C)cc5C5(C)CCCCC45C)cc(c31)N2c1ccc(C(C)(C)C)cc1-c1ccccc1. The molecule has 2 atom stereocenters. The number of benzene rings is 8. The summed E-state index contributed by atoms with van der Waals surface area (Å²) in [5.74, 6) is 0. The van der Waals surface area contributed by atoms with Gasteiger partial charge in [0.2, 0.25) is 0 Å². The van der Waals surface area contributed by atoms with Crippen LogP contribution in [0.15, 0.2) is 158 Å². The third-order valence-electron chi connectivity index (χ3n) is 18.8. The lowest BCUT2D eigenvalue weighted by molar-refractivity contribution is 0.195. The van der Waals surface area contributed by atoms with Crippen molar-refractivity contribution in [2.45, 2.75) is 155 Å². The van der Waals surface area contributed by atoms with Crippen molar-refractivity contribution in [1.82, 2.24) is 0 Å². The van der Waals surface area contributed by atoms with Gasteiger partial charge in [0, 0.05) is 65.3 Å². The molecule has 8 aromatic carbocycles. The van der Waals surface area contributed by atoms with Crippen molar-refractivity contribution >= 4 is 100 Å². The van der Waals surface area contributed by atoms with Crippen LogP contribution < -0.4 is 31.1 Å². The lowest BCUT2D eigenvalue weighted by Crippen LogP contribution is -2.62. The highest BCUT2D eigenvalue weighted by Crippen LogP contribution is 2.62. The second-order valence-electron chi connectivity index (χ2n) is 27.8. The zero-order chi connectivity index (χ0) is 53.9. The molecule has 4 heterocycles. The summed E-state index contributed by atoms with van der Waals surface area (Å²) in [4.78, 5) is 8.25. The van der Waals surface area contributed by atoms with E-state index in [9.17, 15) is 0 Å². The van der Waals surface area contributed by atoms with Crippen molar-refractivity contribution < 1.29 is 0 Å². The molecule has 77 heavy (non-hydrogen) atoms. The molecule has 2 unspecified atom stereocenters. The second kappa shape index (κ2) is 17.0. The minimum absolute atomic E-state index is 0.0300. The summed E-state index contributed by atoms with van der Waals surface area (Å²) in [6.45, 7) is 33.6. The fourth-order valence-corrected chi connectivity index (χ4v) is 15.3. The van der Waals surface area contributed by atoms with Gasteiger partial charge in [-0.25, -0.2) is 0 Å². The Hall–Kier alpha value is -6.56. The van der Waals surface area contributed by atoms with Gasteiger partial charge in [0.15, 0.2) is 0 Å². The standard InChI is InChI=1S/C72H76BN3S/c1-67(2,3)46-29-33-56(52(39-46)45-23-16-15-17-24-45)74-58-35-31-48(69(7,8)9)41-54(58)73-55-42-49(70(10,11)12)32-36-59(55)75(60-26-22-28-64-65(60)51-25-18-19-27-63(51)77-64)62-44-50(43-61(74)66(62)73)76-57-34-30-47(68(4,5)6)40-53(57)71(13)37-20-21-38-72(71,76)14/h15-19,22-36,39-44H,20-21,37-38H2,1-14H3. The van der Waals surface area contributed by atoms with Crippen LogP contribution in [0.2, 0.25) is 0 Å². The Kier molecular flexibility index (Phi) is 11.0. The number of anilines is 8. The van der Waals surface area contributed by atoms with E-state index in [0.29, 0.717) is 0 Å². The average Bonchev–Trinajstić information content (AvgIpc) is 4.15. The summed E-state index contributed by atoms with van der Waals surface area (Å²) in [5, 5.41) is 2.63. The van der Waals surface area contributed by atoms with E-state index in [1.807, 2.05) is 11.3 Å². The maximum atomic E-state index is 2.84. The molecule has 1 saturated carbocycles. The van der Waals surface area contributed by atoms with Gasteiger partial charge in [-0.15, -0.1) is 11.3 Å². The highest BCUT2D eigenvalue weighted by atomic mass is 32.1. The van der Waals surface area contributed by atoms with Gasteiger partial charge >= 0.3 is 0 Å². The highest BCUT2D eigenvalue weighted by molar-refractivity contribution is 7.26. The van der Waals surface area contributed by atoms with Crippen LogP contribution in [0.4, 0.5) is 45.5 Å². The number of thiophene rings is 1. The molecule has 0 N–H and O–H groups in total. The van der Waals surface area contributed by atoms with Crippen LogP contribution in [0.5, 0.6) is 0 Å². The zero-order valence-corrected chi connectivity index (χ0v) is 49.0. The summed E-state index contributed by atoms with van der Waals surface area (Å²) in [5.41, 5.74) is 23.2. The van der Waals surface area contributed by atoms with Crippen molar-refractivity contribution in [3.63, 3.8) is 0 Å². The molecule has 5 heteroatoms. The zero-order valence-electron chi connectivity index (χ0n) is 48.2. The van der Waals surface area contributed by atoms with Crippen LogP contribution in [0.1, 0.15) is 150 Å². The summed E-state index contributed by atoms with van der Waals surface area (Å²) >= 11 is 1.91. The molecule has 4 aliphatic rings. The summed E-state index contributed by atoms with van der Waals surface area (Å²) in [6.07, 6.45) is 4.74. The number of hydrogen-bond donors (Lipinski definition) is 0. The van der Waals surface area contributed by atoms with Crippen molar-refractivity contribution in [3.05, 3.63) is 186 Å².